The number of nitrogens with one attached hydrogen (secondary N) is 1. The summed E-state index contributed by atoms with van der Waals surface area (Å²) in [5, 5.41) is 3.52. The summed E-state index contributed by atoms with van der Waals surface area (Å²) in [7, 11) is 0. The maximum atomic E-state index is 3.84. The van der Waals surface area contributed by atoms with Gasteiger partial charge >= 0.3 is 0 Å². The Morgan fingerprint density at radius 3 is 2.55 bits per heavy atom. The van der Waals surface area contributed by atoms with Gasteiger partial charge in [-0.1, -0.05) is 51.1 Å². The van der Waals surface area contributed by atoms with Crippen LogP contribution >= 0.6 is 0 Å². The van der Waals surface area contributed by atoms with Crippen LogP contribution < -0.4 is 5.32 Å². The molecule has 112 valence electrons. The van der Waals surface area contributed by atoms with Gasteiger partial charge in [0.2, 0.25) is 0 Å². The maximum absolute atomic E-state index is 3.84. The van der Waals surface area contributed by atoms with Crippen molar-refractivity contribution in [1.29, 1.82) is 0 Å². The van der Waals surface area contributed by atoms with E-state index in [0.717, 1.165) is 39.1 Å². The quantitative estimate of drug-likeness (QED) is 0.519. The molecule has 2 nitrogen and oxygen atoms in total. The van der Waals surface area contributed by atoms with Crippen LogP contribution in [0.15, 0.2) is 36.9 Å². The fourth-order valence-electron chi connectivity index (χ4n) is 2.30. The van der Waals surface area contributed by atoms with E-state index in [0.29, 0.717) is 5.92 Å². The Labute approximate surface area is 124 Å². The van der Waals surface area contributed by atoms with Crippen LogP contribution in [-0.2, 0) is 13.0 Å². The number of benzene rings is 1. The third kappa shape index (κ3) is 6.36. The van der Waals surface area contributed by atoms with Crippen molar-refractivity contribution in [3.05, 3.63) is 48.0 Å². The Balaban J connectivity index is 2.56. The van der Waals surface area contributed by atoms with Gasteiger partial charge in [-0.05, 0) is 43.1 Å². The average molecular weight is 274 g/mol. The Hall–Kier alpha value is -1.12. The molecule has 0 saturated heterocycles. The van der Waals surface area contributed by atoms with Gasteiger partial charge in [0.05, 0.1) is 0 Å². The lowest BCUT2D eigenvalue weighted by atomic mass is 10.0. The molecule has 2 heteroatoms. The topological polar surface area (TPSA) is 15.3 Å². The fourth-order valence-corrected chi connectivity index (χ4v) is 2.30. The van der Waals surface area contributed by atoms with Crippen molar-refractivity contribution >= 4 is 0 Å². The second kappa shape index (κ2) is 9.73. The minimum atomic E-state index is 0.716. The molecule has 0 radical (unpaired) electrons. The highest BCUT2D eigenvalue weighted by atomic mass is 15.1. The summed E-state index contributed by atoms with van der Waals surface area (Å²) in [6, 6.07) is 8.80. The number of rotatable bonds is 10. The minimum Gasteiger partial charge on any atom is -0.316 e. The molecule has 0 aromatic heterocycles. The van der Waals surface area contributed by atoms with Gasteiger partial charge in [0.1, 0.15) is 0 Å². The zero-order valence-electron chi connectivity index (χ0n) is 13.4. The van der Waals surface area contributed by atoms with Crippen LogP contribution in [0.4, 0.5) is 0 Å². The van der Waals surface area contributed by atoms with Crippen LogP contribution in [0, 0.1) is 5.92 Å². The van der Waals surface area contributed by atoms with Gasteiger partial charge in [-0.3, -0.25) is 4.90 Å². The van der Waals surface area contributed by atoms with Crippen molar-refractivity contribution in [2.75, 3.05) is 26.2 Å². The number of hydrogen-bond acceptors (Lipinski definition) is 2. The van der Waals surface area contributed by atoms with Crippen LogP contribution in [0.1, 0.15) is 31.9 Å². The predicted molar refractivity (Wildman–Crippen MR) is 89.0 cm³/mol. The van der Waals surface area contributed by atoms with Gasteiger partial charge in [0.15, 0.2) is 0 Å². The Morgan fingerprint density at radius 2 is 1.95 bits per heavy atom. The van der Waals surface area contributed by atoms with E-state index < -0.39 is 0 Å². The normalized spacial score (nSPS) is 11.2. The molecule has 0 atom stereocenters. The molecule has 0 fully saturated rings. The number of nitrogens with zero attached hydrogens (tertiary/aromatic N) is 1. The summed E-state index contributed by atoms with van der Waals surface area (Å²) in [6.45, 7) is 15.7. The van der Waals surface area contributed by atoms with Crippen LogP contribution in [0.3, 0.4) is 0 Å². The standard InChI is InChI=1S/C18H30N2/c1-5-13-20(6-2)15-18-10-8-7-9-17(18)11-12-19-14-16(3)4/h5,7-10,16,19H,1,6,11-15H2,2-4H3. The zero-order valence-corrected chi connectivity index (χ0v) is 13.4. The van der Waals surface area contributed by atoms with E-state index in [1.165, 1.54) is 11.1 Å². The maximum Gasteiger partial charge on any atom is 0.0239 e. The molecular formula is C18H30N2. The highest BCUT2D eigenvalue weighted by Crippen LogP contribution is 2.12. The third-order valence-electron chi connectivity index (χ3n) is 3.47. The van der Waals surface area contributed by atoms with Gasteiger partial charge < -0.3 is 5.32 Å². The molecular weight excluding hydrogens is 244 g/mol. The summed E-state index contributed by atoms with van der Waals surface area (Å²) in [4.78, 5) is 2.41. The predicted octanol–water partition coefficient (Wildman–Crippen LogP) is 3.48. The summed E-state index contributed by atoms with van der Waals surface area (Å²) < 4.78 is 0. The molecule has 0 spiro atoms. The van der Waals surface area contributed by atoms with Gasteiger partial charge in [0, 0.05) is 13.1 Å². The minimum absolute atomic E-state index is 0.716. The number of likely N-dealkylation sites (N-methyl/N-ethyl adjacent to an activating group) is 1. The van der Waals surface area contributed by atoms with E-state index >= 15 is 0 Å². The lowest BCUT2D eigenvalue weighted by Gasteiger charge is -2.20. The van der Waals surface area contributed by atoms with Crippen molar-refractivity contribution in [2.24, 2.45) is 5.92 Å². The van der Waals surface area contributed by atoms with Crippen LogP contribution in [0.25, 0.3) is 0 Å². The van der Waals surface area contributed by atoms with Crippen LogP contribution in [0.5, 0.6) is 0 Å². The lowest BCUT2D eigenvalue weighted by Crippen LogP contribution is -2.25. The molecule has 1 N–H and O–H groups in total. The first-order chi connectivity index (χ1) is 9.67. The van der Waals surface area contributed by atoms with E-state index in [1.54, 1.807) is 0 Å². The van der Waals surface area contributed by atoms with Crippen molar-refractivity contribution in [3.8, 4) is 0 Å². The fraction of sp³-hybridized carbons (Fsp3) is 0.556. The van der Waals surface area contributed by atoms with Crippen LogP contribution in [-0.4, -0.2) is 31.1 Å². The van der Waals surface area contributed by atoms with E-state index in [4.69, 9.17) is 0 Å². The SMILES string of the molecule is C=CCN(CC)Cc1ccccc1CCNCC(C)C. The van der Waals surface area contributed by atoms with Crippen molar-refractivity contribution in [2.45, 2.75) is 33.7 Å². The Morgan fingerprint density at radius 1 is 1.25 bits per heavy atom. The van der Waals surface area contributed by atoms with Gasteiger partial charge in [-0.15, -0.1) is 6.58 Å². The summed E-state index contributed by atoms with van der Waals surface area (Å²) in [5.41, 5.74) is 2.91. The average Bonchev–Trinajstić information content (AvgIpc) is 2.44. The second-order valence-electron chi connectivity index (χ2n) is 5.73. The first kappa shape index (κ1) is 16.9. The van der Waals surface area contributed by atoms with E-state index in [9.17, 15) is 0 Å². The Kier molecular flexibility index (Phi) is 8.24. The molecule has 1 aromatic rings. The van der Waals surface area contributed by atoms with Crippen molar-refractivity contribution in [1.82, 2.24) is 10.2 Å². The highest BCUT2D eigenvalue weighted by Gasteiger charge is 2.06. The largest absolute Gasteiger partial charge is 0.316 e. The van der Waals surface area contributed by atoms with Crippen molar-refractivity contribution < 1.29 is 0 Å². The summed E-state index contributed by atoms with van der Waals surface area (Å²) >= 11 is 0. The van der Waals surface area contributed by atoms with E-state index in [1.807, 2.05) is 6.08 Å². The van der Waals surface area contributed by atoms with Crippen LogP contribution in [0.2, 0.25) is 0 Å². The summed E-state index contributed by atoms with van der Waals surface area (Å²) in [5.74, 6) is 0.716. The molecule has 1 aromatic carbocycles. The molecule has 1 rings (SSSR count). The molecule has 20 heavy (non-hydrogen) atoms. The Bertz CT molecular complexity index is 385. The van der Waals surface area contributed by atoms with Crippen molar-refractivity contribution in [3.63, 3.8) is 0 Å². The molecule has 0 aliphatic heterocycles. The zero-order chi connectivity index (χ0) is 14.8. The van der Waals surface area contributed by atoms with E-state index in [2.05, 4.69) is 61.8 Å². The molecule has 0 unspecified atom stereocenters. The first-order valence-electron chi connectivity index (χ1n) is 7.78. The first-order valence-corrected chi connectivity index (χ1v) is 7.78. The lowest BCUT2D eigenvalue weighted by molar-refractivity contribution is 0.310. The number of hydrogen-bond donors (Lipinski definition) is 1. The molecule has 0 aliphatic carbocycles. The highest BCUT2D eigenvalue weighted by molar-refractivity contribution is 5.27. The monoisotopic (exact) mass is 274 g/mol. The second-order valence-corrected chi connectivity index (χ2v) is 5.73. The molecule has 0 saturated carbocycles. The smallest absolute Gasteiger partial charge is 0.0239 e. The van der Waals surface area contributed by atoms with Gasteiger partial charge in [-0.2, -0.15) is 0 Å². The van der Waals surface area contributed by atoms with Gasteiger partial charge in [0.25, 0.3) is 0 Å². The molecule has 0 amide bonds. The van der Waals surface area contributed by atoms with E-state index in [-0.39, 0.29) is 0 Å². The molecule has 0 heterocycles. The molecule has 0 aliphatic rings. The van der Waals surface area contributed by atoms with Gasteiger partial charge in [-0.25, -0.2) is 0 Å². The third-order valence-corrected chi connectivity index (χ3v) is 3.47. The molecule has 0 bridgehead atoms. The summed E-state index contributed by atoms with van der Waals surface area (Å²) in [6.07, 6.45) is 3.09.